The fraction of sp³-hybridized carbons (Fsp3) is 0.214. The van der Waals surface area contributed by atoms with Gasteiger partial charge in [-0.25, -0.2) is 9.59 Å². The summed E-state index contributed by atoms with van der Waals surface area (Å²) in [5.41, 5.74) is 1.67. The number of carbonyl (C=O) groups excluding carboxylic acids is 3. The number of hydrogen-bond acceptors (Lipinski definition) is 4. The predicted octanol–water partition coefficient (Wildman–Crippen LogP) is 1.66. The van der Waals surface area contributed by atoms with E-state index in [2.05, 4.69) is 10.1 Å². The zero-order chi connectivity index (χ0) is 15.8. The van der Waals surface area contributed by atoms with Crippen molar-refractivity contribution >= 4 is 35.6 Å². The van der Waals surface area contributed by atoms with E-state index in [-0.39, 0.29) is 0 Å². The molecule has 0 spiro atoms. The molecular weight excluding hydrogens is 296 g/mol. The normalized spacial score (nSPS) is 10.2. The molecule has 1 aromatic carbocycles. The van der Waals surface area contributed by atoms with E-state index in [9.17, 15) is 14.4 Å². The maximum atomic E-state index is 11.4. The fourth-order valence-corrected chi connectivity index (χ4v) is 1.48. The lowest BCUT2D eigenvalue weighted by atomic mass is 10.1. The minimum absolute atomic E-state index is 0.536. The van der Waals surface area contributed by atoms with Crippen molar-refractivity contribution in [3.63, 3.8) is 0 Å². The van der Waals surface area contributed by atoms with Gasteiger partial charge in [0.15, 0.2) is 6.61 Å². The van der Waals surface area contributed by atoms with Crippen LogP contribution in [0.2, 0.25) is 5.02 Å². The Morgan fingerprint density at radius 2 is 2.05 bits per heavy atom. The van der Waals surface area contributed by atoms with Crippen LogP contribution in [0.1, 0.15) is 11.1 Å². The number of hydrogen-bond donors (Lipinski definition) is 2. The van der Waals surface area contributed by atoms with Gasteiger partial charge in [0.2, 0.25) is 0 Å². The van der Waals surface area contributed by atoms with Crippen LogP contribution in [0.5, 0.6) is 0 Å². The number of esters is 1. The molecule has 0 saturated heterocycles. The molecule has 0 aromatic heterocycles. The van der Waals surface area contributed by atoms with Crippen molar-refractivity contribution in [1.29, 1.82) is 0 Å². The van der Waals surface area contributed by atoms with Gasteiger partial charge in [-0.1, -0.05) is 23.7 Å². The van der Waals surface area contributed by atoms with Crippen molar-refractivity contribution < 1.29 is 19.1 Å². The van der Waals surface area contributed by atoms with E-state index in [1.807, 2.05) is 18.3 Å². The third-order valence-corrected chi connectivity index (χ3v) is 2.84. The van der Waals surface area contributed by atoms with E-state index in [4.69, 9.17) is 11.6 Å². The molecule has 1 aromatic rings. The molecule has 0 heterocycles. The summed E-state index contributed by atoms with van der Waals surface area (Å²) in [7, 11) is 1.37. The first-order valence-electron chi connectivity index (χ1n) is 6.05. The van der Waals surface area contributed by atoms with Crippen LogP contribution >= 0.6 is 11.6 Å². The van der Waals surface area contributed by atoms with Crippen molar-refractivity contribution in [3.05, 3.63) is 40.4 Å². The van der Waals surface area contributed by atoms with Gasteiger partial charge in [-0.05, 0) is 30.2 Å². The number of carbonyl (C=O) groups is 3. The third-order valence-electron chi connectivity index (χ3n) is 2.43. The summed E-state index contributed by atoms with van der Waals surface area (Å²) in [6.07, 6.45) is 2.69. The zero-order valence-corrected chi connectivity index (χ0v) is 12.4. The second kappa shape index (κ2) is 8.06. The van der Waals surface area contributed by atoms with E-state index in [0.29, 0.717) is 5.02 Å². The average Bonchev–Trinajstić information content (AvgIpc) is 2.46. The Kier molecular flexibility index (Phi) is 6.42. The SMILES string of the molecule is CNC(=O)NC(=O)COC(=O)/C=C/c1ccc(C)c(Cl)c1. The van der Waals surface area contributed by atoms with Crippen molar-refractivity contribution in [1.82, 2.24) is 10.6 Å². The molecule has 1 rings (SSSR count). The molecule has 112 valence electrons. The second-order valence-electron chi connectivity index (χ2n) is 4.08. The Labute approximate surface area is 127 Å². The lowest BCUT2D eigenvalue weighted by Crippen LogP contribution is -2.39. The van der Waals surface area contributed by atoms with Gasteiger partial charge >= 0.3 is 12.0 Å². The van der Waals surface area contributed by atoms with Gasteiger partial charge in [-0.3, -0.25) is 10.1 Å². The number of benzene rings is 1. The number of amides is 3. The highest BCUT2D eigenvalue weighted by Crippen LogP contribution is 2.17. The van der Waals surface area contributed by atoms with Gasteiger partial charge in [-0.15, -0.1) is 0 Å². The Morgan fingerprint density at radius 1 is 1.33 bits per heavy atom. The molecule has 0 aliphatic heterocycles. The fourth-order valence-electron chi connectivity index (χ4n) is 1.29. The first-order valence-corrected chi connectivity index (χ1v) is 6.42. The molecule has 0 aliphatic carbocycles. The van der Waals surface area contributed by atoms with Crippen LogP contribution in [0.3, 0.4) is 0 Å². The van der Waals surface area contributed by atoms with Gasteiger partial charge in [0.1, 0.15) is 0 Å². The van der Waals surface area contributed by atoms with Crippen molar-refractivity contribution in [2.24, 2.45) is 0 Å². The number of aryl methyl sites for hydroxylation is 1. The molecule has 0 unspecified atom stereocenters. The van der Waals surface area contributed by atoms with Gasteiger partial charge in [0, 0.05) is 18.1 Å². The van der Waals surface area contributed by atoms with Crippen LogP contribution in [-0.4, -0.2) is 31.6 Å². The maximum absolute atomic E-state index is 11.4. The van der Waals surface area contributed by atoms with Crippen LogP contribution in [0.15, 0.2) is 24.3 Å². The second-order valence-corrected chi connectivity index (χ2v) is 4.48. The summed E-state index contributed by atoms with van der Waals surface area (Å²) in [4.78, 5) is 33.4. The van der Waals surface area contributed by atoms with Crippen LogP contribution in [0.25, 0.3) is 6.08 Å². The van der Waals surface area contributed by atoms with Gasteiger partial charge < -0.3 is 10.1 Å². The summed E-state index contributed by atoms with van der Waals surface area (Å²) >= 11 is 5.95. The highest BCUT2D eigenvalue weighted by atomic mass is 35.5. The van der Waals surface area contributed by atoms with E-state index in [0.717, 1.165) is 11.1 Å². The number of imide groups is 1. The highest BCUT2D eigenvalue weighted by Gasteiger charge is 2.07. The smallest absolute Gasteiger partial charge is 0.331 e. The minimum Gasteiger partial charge on any atom is -0.452 e. The van der Waals surface area contributed by atoms with E-state index in [1.165, 1.54) is 19.2 Å². The van der Waals surface area contributed by atoms with E-state index < -0.39 is 24.5 Å². The number of urea groups is 1. The monoisotopic (exact) mass is 310 g/mol. The number of halogens is 1. The van der Waals surface area contributed by atoms with Gasteiger partial charge in [-0.2, -0.15) is 0 Å². The summed E-state index contributed by atoms with van der Waals surface area (Å²) in [6.45, 7) is 1.33. The number of ether oxygens (including phenoxy) is 1. The molecule has 6 nitrogen and oxygen atoms in total. The largest absolute Gasteiger partial charge is 0.452 e. The van der Waals surface area contributed by atoms with E-state index >= 15 is 0 Å². The van der Waals surface area contributed by atoms with Crippen molar-refractivity contribution in [2.75, 3.05) is 13.7 Å². The summed E-state index contributed by atoms with van der Waals surface area (Å²) in [5.74, 6) is -1.41. The van der Waals surface area contributed by atoms with Crippen molar-refractivity contribution in [2.45, 2.75) is 6.92 Å². The topological polar surface area (TPSA) is 84.5 Å². The first-order chi connectivity index (χ1) is 9.92. The third kappa shape index (κ3) is 6.09. The maximum Gasteiger partial charge on any atom is 0.331 e. The van der Waals surface area contributed by atoms with Gasteiger partial charge in [0.25, 0.3) is 5.91 Å². The molecule has 7 heteroatoms. The predicted molar refractivity (Wildman–Crippen MR) is 78.8 cm³/mol. The zero-order valence-electron chi connectivity index (χ0n) is 11.6. The van der Waals surface area contributed by atoms with Crippen LogP contribution < -0.4 is 10.6 Å². The highest BCUT2D eigenvalue weighted by molar-refractivity contribution is 6.31. The molecule has 3 amide bonds. The number of rotatable bonds is 4. The Morgan fingerprint density at radius 3 is 2.67 bits per heavy atom. The standard InChI is InChI=1S/C14H15ClN2O4/c1-9-3-4-10(7-11(9)15)5-6-13(19)21-8-12(18)17-14(20)16-2/h3-7H,8H2,1-2H3,(H2,16,17,18,20)/b6-5+. The molecule has 0 fully saturated rings. The Hall–Kier alpha value is -2.34. The summed E-state index contributed by atoms with van der Waals surface area (Å²) < 4.78 is 4.67. The lowest BCUT2D eigenvalue weighted by Gasteiger charge is -2.03. The Balaban J connectivity index is 2.46. The van der Waals surface area contributed by atoms with Crippen molar-refractivity contribution in [3.8, 4) is 0 Å². The van der Waals surface area contributed by atoms with E-state index in [1.54, 1.807) is 12.1 Å². The first kappa shape index (κ1) is 16.7. The molecule has 0 saturated carbocycles. The molecule has 0 radical (unpaired) electrons. The lowest BCUT2D eigenvalue weighted by molar-refractivity contribution is -0.143. The molecule has 21 heavy (non-hydrogen) atoms. The van der Waals surface area contributed by atoms with Gasteiger partial charge in [0.05, 0.1) is 0 Å². The Bertz CT molecular complexity index is 584. The molecule has 0 bridgehead atoms. The quantitative estimate of drug-likeness (QED) is 0.654. The molecule has 2 N–H and O–H groups in total. The van der Waals surface area contributed by atoms with Crippen LogP contribution in [0.4, 0.5) is 4.79 Å². The van der Waals surface area contributed by atoms with Crippen LogP contribution in [-0.2, 0) is 14.3 Å². The summed E-state index contributed by atoms with van der Waals surface area (Å²) in [6, 6.07) is 4.66. The number of nitrogens with one attached hydrogen (secondary N) is 2. The van der Waals surface area contributed by atoms with Crippen LogP contribution in [0, 0.1) is 6.92 Å². The molecule has 0 atom stereocenters. The molecule has 0 aliphatic rings. The molecular formula is C14H15ClN2O4. The summed E-state index contributed by atoms with van der Waals surface area (Å²) in [5, 5.41) is 4.76. The average molecular weight is 311 g/mol. The minimum atomic E-state index is -0.713.